The van der Waals surface area contributed by atoms with E-state index in [0.717, 1.165) is 115 Å². The summed E-state index contributed by atoms with van der Waals surface area (Å²) < 4.78 is 68.4. The van der Waals surface area contributed by atoms with E-state index in [0.29, 0.717) is 31.6 Å². The van der Waals surface area contributed by atoms with Gasteiger partial charge in [-0.1, -0.05) is 310 Å². The lowest BCUT2D eigenvalue weighted by Gasteiger charge is -2.21. The maximum Gasteiger partial charge on any atom is 0.472 e. The Morgan fingerprint density at radius 1 is 0.330 bits per heavy atom. The van der Waals surface area contributed by atoms with Crippen molar-refractivity contribution in [3.8, 4) is 0 Å². The summed E-state index contributed by atoms with van der Waals surface area (Å²) in [5.74, 6) is -0.639. The molecule has 0 aromatic rings. The third-order valence-corrected chi connectivity index (χ3v) is 18.7. The molecule has 554 valence electrons. The average Bonchev–Trinajstić information content (AvgIpc) is 3.01. The van der Waals surface area contributed by atoms with Crippen LogP contribution in [0.15, 0.2) is 24.3 Å². The molecule has 0 radical (unpaired) electrons. The second-order valence-corrected chi connectivity index (χ2v) is 30.2. The third-order valence-electron chi connectivity index (χ3n) is 16.8. The van der Waals surface area contributed by atoms with Crippen LogP contribution in [-0.4, -0.2) is 96.7 Å². The van der Waals surface area contributed by atoms with Crippen molar-refractivity contribution >= 4 is 39.5 Å². The van der Waals surface area contributed by atoms with E-state index in [1.54, 1.807) is 0 Å². The Bertz CT molecular complexity index is 1910. The van der Waals surface area contributed by atoms with Gasteiger partial charge in [-0.3, -0.25) is 37.3 Å². The summed E-state index contributed by atoms with van der Waals surface area (Å²) in [5.41, 5.74) is 0. The van der Waals surface area contributed by atoms with Gasteiger partial charge in [-0.25, -0.2) is 9.13 Å². The second-order valence-electron chi connectivity index (χ2n) is 27.3. The molecule has 0 spiro atoms. The molecule has 0 fully saturated rings. The maximum absolute atomic E-state index is 13.1. The van der Waals surface area contributed by atoms with Crippen molar-refractivity contribution in [3.05, 3.63) is 24.3 Å². The van der Waals surface area contributed by atoms with Crippen LogP contribution in [0.1, 0.15) is 363 Å². The molecule has 0 heterocycles. The van der Waals surface area contributed by atoms with Crippen LogP contribution >= 0.6 is 15.6 Å². The number of esters is 4. The van der Waals surface area contributed by atoms with E-state index < -0.39 is 97.5 Å². The van der Waals surface area contributed by atoms with Crippen molar-refractivity contribution in [1.82, 2.24) is 0 Å². The number of ether oxygens (including phenoxy) is 4. The summed E-state index contributed by atoms with van der Waals surface area (Å²) in [6.45, 7) is 9.50. The van der Waals surface area contributed by atoms with Gasteiger partial charge in [0, 0.05) is 25.7 Å². The Morgan fingerprint density at radius 2 is 0.574 bits per heavy atom. The summed E-state index contributed by atoms with van der Waals surface area (Å²) in [6.07, 6.45) is 56.3. The lowest BCUT2D eigenvalue weighted by molar-refractivity contribution is -0.161. The zero-order chi connectivity index (χ0) is 69.3. The number of allylic oxidation sites excluding steroid dienone is 4. The largest absolute Gasteiger partial charge is 0.472 e. The van der Waals surface area contributed by atoms with Crippen LogP contribution in [0.3, 0.4) is 0 Å². The number of hydrogen-bond acceptors (Lipinski definition) is 15. The first-order chi connectivity index (χ1) is 45.4. The van der Waals surface area contributed by atoms with E-state index >= 15 is 0 Å². The van der Waals surface area contributed by atoms with Gasteiger partial charge >= 0.3 is 39.5 Å². The average molecular weight is 1380 g/mol. The summed E-state index contributed by atoms with van der Waals surface area (Å²) >= 11 is 0. The van der Waals surface area contributed by atoms with Crippen molar-refractivity contribution in [2.24, 2.45) is 11.8 Å². The minimum atomic E-state index is -4.96. The highest BCUT2D eigenvalue weighted by atomic mass is 31.2. The molecule has 0 amide bonds. The minimum absolute atomic E-state index is 0.100. The molecule has 0 bridgehead atoms. The maximum atomic E-state index is 13.1. The van der Waals surface area contributed by atoms with E-state index in [1.807, 2.05) is 0 Å². The van der Waals surface area contributed by atoms with E-state index in [1.165, 1.54) is 161 Å². The molecule has 0 rings (SSSR count). The molecule has 5 atom stereocenters. The molecule has 19 heteroatoms. The predicted molar refractivity (Wildman–Crippen MR) is 381 cm³/mol. The zero-order valence-electron chi connectivity index (χ0n) is 60.7. The molecule has 0 aliphatic rings. The Labute approximate surface area is 573 Å². The van der Waals surface area contributed by atoms with Crippen LogP contribution < -0.4 is 0 Å². The predicted octanol–water partition coefficient (Wildman–Crippen LogP) is 21.5. The highest BCUT2D eigenvalue weighted by Crippen LogP contribution is 2.45. The molecule has 0 aliphatic heterocycles. The van der Waals surface area contributed by atoms with Gasteiger partial charge in [-0.05, 0) is 63.2 Å². The summed E-state index contributed by atoms with van der Waals surface area (Å²) in [7, 11) is -9.92. The van der Waals surface area contributed by atoms with Gasteiger partial charge < -0.3 is 33.8 Å². The summed E-state index contributed by atoms with van der Waals surface area (Å²) in [6, 6.07) is 0. The van der Waals surface area contributed by atoms with E-state index in [9.17, 15) is 43.2 Å². The van der Waals surface area contributed by atoms with Gasteiger partial charge in [-0.15, -0.1) is 0 Å². The van der Waals surface area contributed by atoms with Crippen molar-refractivity contribution in [1.29, 1.82) is 0 Å². The Morgan fingerprint density at radius 3 is 0.872 bits per heavy atom. The fourth-order valence-corrected chi connectivity index (χ4v) is 12.5. The Balaban J connectivity index is 5.28. The van der Waals surface area contributed by atoms with Crippen LogP contribution in [0.2, 0.25) is 0 Å². The zero-order valence-corrected chi connectivity index (χ0v) is 62.5. The number of hydrogen-bond donors (Lipinski definition) is 3. The van der Waals surface area contributed by atoms with Gasteiger partial charge in [0.05, 0.1) is 26.4 Å². The Hall–Kier alpha value is -2.46. The van der Waals surface area contributed by atoms with E-state index in [2.05, 4.69) is 65.8 Å². The van der Waals surface area contributed by atoms with E-state index in [-0.39, 0.29) is 25.7 Å². The Kier molecular flexibility index (Phi) is 64.7. The highest BCUT2D eigenvalue weighted by Gasteiger charge is 2.30. The number of phosphoric ester groups is 2. The van der Waals surface area contributed by atoms with Crippen LogP contribution in [-0.2, 0) is 65.4 Å². The van der Waals surface area contributed by atoms with Crippen LogP contribution in [0.5, 0.6) is 0 Å². The number of aliphatic hydroxyl groups excluding tert-OH is 1. The number of unbranched alkanes of at least 4 members (excludes halogenated alkanes) is 39. The van der Waals surface area contributed by atoms with Crippen molar-refractivity contribution in [2.75, 3.05) is 39.6 Å². The van der Waals surface area contributed by atoms with E-state index in [4.69, 9.17) is 37.0 Å². The number of carbonyl (C=O) groups excluding carboxylic acids is 4. The van der Waals surface area contributed by atoms with Gasteiger partial charge in [-0.2, -0.15) is 0 Å². The lowest BCUT2D eigenvalue weighted by atomic mass is 10.0. The SMILES string of the molecule is CCCCCC/C=C\C=C/CCCCCCCC(=O)OC[C@H](COP(=O)(O)OC[C@@H](O)COP(=O)(O)OC[C@@H](COC(=O)CCCCCCCCCCCCC)OC(=O)CCCCCCCCCCC(C)C)OC(=O)CCCCCCCCCCCCCCCCC(C)C. The first-order valence-electron chi connectivity index (χ1n) is 38.3. The van der Waals surface area contributed by atoms with Gasteiger partial charge in [0.25, 0.3) is 0 Å². The molecular formula is C75H142O17P2. The number of phosphoric acid groups is 2. The molecule has 0 saturated heterocycles. The molecule has 0 saturated carbocycles. The van der Waals surface area contributed by atoms with Crippen LogP contribution in [0.25, 0.3) is 0 Å². The van der Waals surface area contributed by atoms with Crippen LogP contribution in [0, 0.1) is 11.8 Å². The standard InChI is InChI=1S/C75H142O17P2/c1-7-9-11-13-15-17-19-20-21-25-29-33-40-46-52-58-73(78)86-63-70(91-74(79)59-53-47-41-34-30-26-23-22-24-28-31-37-43-49-55-67(3)4)65-89-93(81,82)87-61-69(76)62-88-94(83,84)90-66-71(92-75(80)60-54-48-42-36-35-38-44-50-56-68(5)6)64-85-72(77)57-51-45-39-32-27-18-16-14-12-10-8-2/h17,19-21,67-71,76H,7-16,18,22-66H2,1-6H3,(H,81,82)(H,83,84)/b19-17-,21-20-/t69-,70-,71-/m1/s1. The second kappa shape index (κ2) is 66.4. The van der Waals surface area contributed by atoms with Gasteiger partial charge in [0.2, 0.25) is 0 Å². The minimum Gasteiger partial charge on any atom is -0.462 e. The van der Waals surface area contributed by atoms with Crippen molar-refractivity contribution in [2.45, 2.75) is 381 Å². The normalized spacial score (nSPS) is 14.2. The fourth-order valence-electron chi connectivity index (χ4n) is 10.9. The molecule has 0 aromatic heterocycles. The molecule has 0 aromatic carbocycles. The third kappa shape index (κ3) is 68.1. The summed E-state index contributed by atoms with van der Waals surface area (Å²) in [4.78, 5) is 72.7. The summed E-state index contributed by atoms with van der Waals surface area (Å²) in [5, 5.41) is 10.6. The smallest absolute Gasteiger partial charge is 0.462 e. The molecular weight excluding hydrogens is 1230 g/mol. The number of carbonyl (C=O) groups is 4. The number of aliphatic hydroxyl groups is 1. The molecule has 94 heavy (non-hydrogen) atoms. The molecule has 17 nitrogen and oxygen atoms in total. The quantitative estimate of drug-likeness (QED) is 0.0169. The lowest BCUT2D eigenvalue weighted by Crippen LogP contribution is -2.30. The topological polar surface area (TPSA) is 237 Å². The molecule has 0 aliphatic carbocycles. The molecule has 2 unspecified atom stereocenters. The highest BCUT2D eigenvalue weighted by molar-refractivity contribution is 7.47. The first-order valence-corrected chi connectivity index (χ1v) is 41.3. The van der Waals surface area contributed by atoms with Gasteiger partial charge in [0.1, 0.15) is 19.3 Å². The number of rotatable bonds is 72. The first kappa shape index (κ1) is 91.5. The fraction of sp³-hybridized carbons (Fsp3) is 0.893. The van der Waals surface area contributed by atoms with Crippen LogP contribution in [0.4, 0.5) is 0 Å². The van der Waals surface area contributed by atoms with Crippen molar-refractivity contribution in [3.63, 3.8) is 0 Å². The molecule has 3 N–H and O–H groups in total. The monoisotopic (exact) mass is 1380 g/mol. The van der Waals surface area contributed by atoms with Crippen molar-refractivity contribution < 1.29 is 80.2 Å². The van der Waals surface area contributed by atoms with Gasteiger partial charge in [0.15, 0.2) is 12.2 Å².